The molecule has 1 heterocycles. The molecule has 0 fully saturated rings. The zero-order valence-corrected chi connectivity index (χ0v) is 17.6. The Labute approximate surface area is 193 Å². The van der Waals surface area contributed by atoms with Crippen LogP contribution in [-0.2, 0) is 11.0 Å². The van der Waals surface area contributed by atoms with Crippen LogP contribution in [0.3, 0.4) is 0 Å². The third kappa shape index (κ3) is 5.47. The Morgan fingerprint density at radius 1 is 0.853 bits per heavy atom. The van der Waals surface area contributed by atoms with E-state index >= 15 is 0 Å². The van der Waals surface area contributed by atoms with Gasteiger partial charge in [-0.1, -0.05) is 36.4 Å². The molecule has 2 amide bonds. The van der Waals surface area contributed by atoms with Crippen LogP contribution in [0.25, 0.3) is 17.0 Å². The fraction of sp³-hybridized carbons (Fsp3) is 0.0385. The maximum absolute atomic E-state index is 12.9. The summed E-state index contributed by atoms with van der Waals surface area (Å²) in [6, 6.07) is 19.9. The van der Waals surface area contributed by atoms with Gasteiger partial charge in [0.05, 0.1) is 16.8 Å². The number of hydrogen-bond donors (Lipinski definition) is 2. The predicted molar refractivity (Wildman–Crippen MR) is 125 cm³/mol. The number of fused-ring (bicyclic) bond motifs is 1. The number of para-hydroxylation sites is 1. The fourth-order valence-corrected chi connectivity index (χ4v) is 3.31. The highest BCUT2D eigenvalue weighted by Gasteiger charge is 2.30. The molecule has 5 nitrogen and oxygen atoms in total. The number of alkyl halides is 3. The van der Waals surface area contributed by atoms with Crippen LogP contribution in [0.2, 0.25) is 0 Å². The van der Waals surface area contributed by atoms with Gasteiger partial charge in [0.1, 0.15) is 0 Å². The van der Waals surface area contributed by atoms with Gasteiger partial charge in [0.15, 0.2) is 0 Å². The molecule has 0 saturated heterocycles. The molecule has 170 valence electrons. The second kappa shape index (κ2) is 9.58. The number of carbonyl (C=O) groups is 2. The second-order valence-electron chi connectivity index (χ2n) is 7.36. The summed E-state index contributed by atoms with van der Waals surface area (Å²) in [5, 5.41) is 6.14. The number of hydrogen-bond acceptors (Lipinski definition) is 3. The molecule has 3 aromatic carbocycles. The summed E-state index contributed by atoms with van der Waals surface area (Å²) in [6.07, 6.45) is -0.00158. The summed E-state index contributed by atoms with van der Waals surface area (Å²) in [6.45, 7) is 0. The first-order valence-electron chi connectivity index (χ1n) is 10.2. The SMILES string of the molecule is O=C(C=Cc1cccc(C(=O)Nc2cccc(C(F)(F)F)c2)c1)Nc1cccc2cccnc12. The zero-order chi connectivity index (χ0) is 24.1. The predicted octanol–water partition coefficient (Wildman–Crippen LogP) is 6.16. The van der Waals surface area contributed by atoms with Gasteiger partial charge in [0.25, 0.3) is 5.91 Å². The monoisotopic (exact) mass is 461 g/mol. The minimum atomic E-state index is -4.51. The molecular weight excluding hydrogens is 443 g/mol. The van der Waals surface area contributed by atoms with Crippen LogP contribution in [0.15, 0.2) is 91.1 Å². The standard InChI is InChI=1S/C26H18F3N3O2/c27-26(28,29)20-9-3-10-21(16-20)31-25(34)19-7-1-5-17(15-19)12-13-23(33)32-22-11-2-6-18-8-4-14-30-24(18)22/h1-16H,(H,31,34)(H,32,33). The minimum Gasteiger partial charge on any atom is -0.322 e. The van der Waals surface area contributed by atoms with Crippen LogP contribution in [0.5, 0.6) is 0 Å². The Balaban J connectivity index is 1.45. The smallest absolute Gasteiger partial charge is 0.322 e. The van der Waals surface area contributed by atoms with Crippen LogP contribution in [0.4, 0.5) is 24.5 Å². The molecule has 0 saturated carbocycles. The summed E-state index contributed by atoms with van der Waals surface area (Å²) in [5.74, 6) is -0.946. The molecule has 4 rings (SSSR count). The van der Waals surface area contributed by atoms with Crippen molar-refractivity contribution in [3.8, 4) is 0 Å². The van der Waals surface area contributed by atoms with Crippen molar-refractivity contribution in [1.29, 1.82) is 0 Å². The van der Waals surface area contributed by atoms with E-state index in [1.54, 1.807) is 24.4 Å². The summed E-state index contributed by atoms with van der Waals surface area (Å²) >= 11 is 0. The van der Waals surface area contributed by atoms with E-state index in [9.17, 15) is 22.8 Å². The van der Waals surface area contributed by atoms with Gasteiger partial charge in [-0.15, -0.1) is 0 Å². The van der Waals surface area contributed by atoms with Crippen LogP contribution < -0.4 is 10.6 Å². The summed E-state index contributed by atoms with van der Waals surface area (Å²) in [5.41, 5.74) is 1.22. The summed E-state index contributed by atoms with van der Waals surface area (Å²) in [7, 11) is 0. The Kier molecular flexibility index (Phi) is 6.40. The maximum atomic E-state index is 12.9. The first kappa shape index (κ1) is 22.7. The van der Waals surface area contributed by atoms with Crippen LogP contribution in [-0.4, -0.2) is 16.8 Å². The van der Waals surface area contributed by atoms with Crippen molar-refractivity contribution in [3.63, 3.8) is 0 Å². The lowest BCUT2D eigenvalue weighted by Crippen LogP contribution is -2.13. The van der Waals surface area contributed by atoms with Gasteiger partial charge in [-0.25, -0.2) is 0 Å². The Hall–Kier alpha value is -4.46. The molecule has 2 N–H and O–H groups in total. The number of anilines is 2. The number of rotatable bonds is 5. The maximum Gasteiger partial charge on any atom is 0.416 e. The van der Waals surface area contributed by atoms with E-state index in [1.807, 2.05) is 24.3 Å². The van der Waals surface area contributed by atoms with Crippen LogP contribution >= 0.6 is 0 Å². The van der Waals surface area contributed by atoms with E-state index < -0.39 is 17.6 Å². The van der Waals surface area contributed by atoms with Crippen molar-refractivity contribution in [3.05, 3.63) is 108 Å². The van der Waals surface area contributed by atoms with Crippen molar-refractivity contribution >= 4 is 40.2 Å². The van der Waals surface area contributed by atoms with Gasteiger partial charge in [0.2, 0.25) is 5.91 Å². The van der Waals surface area contributed by atoms with Gasteiger partial charge >= 0.3 is 6.18 Å². The van der Waals surface area contributed by atoms with Gasteiger partial charge in [-0.2, -0.15) is 13.2 Å². The quantitative estimate of drug-likeness (QED) is 0.350. The number of nitrogens with one attached hydrogen (secondary N) is 2. The molecule has 4 aromatic rings. The summed E-state index contributed by atoms with van der Waals surface area (Å²) in [4.78, 5) is 29.2. The highest BCUT2D eigenvalue weighted by atomic mass is 19.4. The average molecular weight is 461 g/mol. The van der Waals surface area contributed by atoms with Crippen molar-refractivity contribution < 1.29 is 22.8 Å². The van der Waals surface area contributed by atoms with Crippen molar-refractivity contribution in [2.45, 2.75) is 6.18 Å². The highest BCUT2D eigenvalue weighted by Crippen LogP contribution is 2.30. The zero-order valence-electron chi connectivity index (χ0n) is 17.6. The summed E-state index contributed by atoms with van der Waals surface area (Å²) < 4.78 is 38.7. The number of amides is 2. The molecule has 0 bridgehead atoms. The van der Waals surface area contributed by atoms with E-state index in [1.165, 1.54) is 36.4 Å². The molecule has 0 radical (unpaired) electrons. The molecule has 0 aliphatic carbocycles. The number of pyridine rings is 1. The van der Waals surface area contributed by atoms with Gasteiger partial charge < -0.3 is 10.6 Å². The molecule has 0 aliphatic heterocycles. The number of carbonyl (C=O) groups excluding carboxylic acids is 2. The number of halogens is 3. The minimum absolute atomic E-state index is 0.0313. The molecule has 1 aromatic heterocycles. The lowest BCUT2D eigenvalue weighted by molar-refractivity contribution is -0.137. The molecule has 34 heavy (non-hydrogen) atoms. The topological polar surface area (TPSA) is 71.1 Å². The van der Waals surface area contributed by atoms with Crippen molar-refractivity contribution in [2.24, 2.45) is 0 Å². The van der Waals surface area contributed by atoms with Gasteiger partial charge in [-0.3, -0.25) is 14.6 Å². The molecular formula is C26H18F3N3O2. The fourth-order valence-electron chi connectivity index (χ4n) is 3.31. The van der Waals surface area contributed by atoms with E-state index in [4.69, 9.17) is 0 Å². The first-order valence-corrected chi connectivity index (χ1v) is 10.2. The first-order chi connectivity index (χ1) is 16.3. The number of nitrogens with zero attached hydrogens (tertiary/aromatic N) is 1. The largest absolute Gasteiger partial charge is 0.416 e. The lowest BCUT2D eigenvalue weighted by Gasteiger charge is -2.10. The normalized spacial score (nSPS) is 11.5. The molecule has 0 aliphatic rings. The highest BCUT2D eigenvalue weighted by molar-refractivity contribution is 6.07. The van der Waals surface area contributed by atoms with Crippen molar-refractivity contribution in [2.75, 3.05) is 10.6 Å². The van der Waals surface area contributed by atoms with Crippen LogP contribution in [0, 0.1) is 0 Å². The van der Waals surface area contributed by atoms with Crippen LogP contribution in [0.1, 0.15) is 21.5 Å². The molecule has 0 unspecified atom stereocenters. The second-order valence-corrected chi connectivity index (χ2v) is 7.36. The molecule has 8 heteroatoms. The molecule has 0 atom stereocenters. The van der Waals surface area contributed by atoms with E-state index in [2.05, 4.69) is 15.6 Å². The van der Waals surface area contributed by atoms with Gasteiger partial charge in [0, 0.05) is 28.9 Å². The number of benzene rings is 3. The number of aromatic nitrogens is 1. The third-order valence-corrected chi connectivity index (χ3v) is 4.91. The molecule has 0 spiro atoms. The van der Waals surface area contributed by atoms with E-state index in [0.717, 1.165) is 17.5 Å². The van der Waals surface area contributed by atoms with Gasteiger partial charge in [-0.05, 0) is 54.1 Å². The Morgan fingerprint density at radius 2 is 1.62 bits per heavy atom. The lowest BCUT2D eigenvalue weighted by atomic mass is 10.1. The third-order valence-electron chi connectivity index (χ3n) is 4.91. The van der Waals surface area contributed by atoms with E-state index in [0.29, 0.717) is 16.8 Å². The van der Waals surface area contributed by atoms with Crippen molar-refractivity contribution in [1.82, 2.24) is 4.98 Å². The van der Waals surface area contributed by atoms with E-state index in [-0.39, 0.29) is 17.2 Å². The Morgan fingerprint density at radius 3 is 2.44 bits per heavy atom. The average Bonchev–Trinajstić information content (AvgIpc) is 2.83. The Bertz CT molecular complexity index is 1390.